The highest BCUT2D eigenvalue weighted by Crippen LogP contribution is 2.28. The van der Waals surface area contributed by atoms with E-state index in [1.54, 1.807) is 0 Å². The third-order valence-electron chi connectivity index (χ3n) is 2.25. The normalized spacial score (nSPS) is 12.6. The van der Waals surface area contributed by atoms with Crippen LogP contribution in [0.4, 0.5) is 0 Å². The highest BCUT2D eigenvalue weighted by Gasteiger charge is 2.14. The smallest absolute Gasteiger partial charge is 0.294 e. The summed E-state index contributed by atoms with van der Waals surface area (Å²) >= 11 is 5.87. The summed E-state index contributed by atoms with van der Waals surface area (Å²) in [5, 5.41) is 0.226. The van der Waals surface area contributed by atoms with E-state index in [1.807, 2.05) is 6.92 Å². The lowest BCUT2D eigenvalue weighted by Gasteiger charge is -2.11. The topological polar surface area (TPSA) is 71.4 Å². The van der Waals surface area contributed by atoms with Gasteiger partial charge in [0.2, 0.25) is 0 Å². The van der Waals surface area contributed by atoms with Crippen LogP contribution in [0.3, 0.4) is 0 Å². The summed E-state index contributed by atoms with van der Waals surface area (Å²) in [6.45, 7) is 1.81. The van der Waals surface area contributed by atoms with Crippen molar-refractivity contribution >= 4 is 40.4 Å². The van der Waals surface area contributed by atoms with E-state index in [0.717, 1.165) is 6.29 Å². The Morgan fingerprint density at radius 3 is 2.47 bits per heavy atom. The Balaban J connectivity index is 0.00000256. The Morgan fingerprint density at radius 1 is 1.47 bits per heavy atom. The zero-order valence-electron chi connectivity index (χ0n) is 8.96. The molecule has 0 saturated heterocycles. The highest BCUT2D eigenvalue weighted by atomic mass is 35.5. The molecular weight excluding hydrogens is 287 g/mol. The molecule has 0 unspecified atom stereocenters. The van der Waals surface area contributed by atoms with Crippen LogP contribution in [0.1, 0.15) is 24.8 Å². The highest BCUT2D eigenvalue weighted by molar-refractivity contribution is 7.85. The molecule has 7 heteroatoms. The molecule has 1 N–H and O–H groups in total. The maximum absolute atomic E-state index is 10.8. The van der Waals surface area contributed by atoms with Crippen LogP contribution >= 0.6 is 24.0 Å². The lowest BCUT2D eigenvalue weighted by Crippen LogP contribution is -2.01. The second-order valence-electron chi connectivity index (χ2n) is 3.46. The van der Waals surface area contributed by atoms with E-state index >= 15 is 0 Å². The van der Waals surface area contributed by atoms with Crippen molar-refractivity contribution in [1.29, 1.82) is 0 Å². The second kappa shape index (κ2) is 6.35. The number of halogens is 2. The molecule has 0 radical (unpaired) electrons. The number of aldehydes is 1. The quantitative estimate of drug-likeness (QED) is 0.685. The number of carbonyl (C=O) groups excluding carboxylic acids is 1. The fourth-order valence-electron chi connectivity index (χ4n) is 1.34. The molecule has 0 bridgehead atoms. The number of hydrogen-bond acceptors (Lipinski definition) is 3. The molecule has 0 aromatic heterocycles. The van der Waals surface area contributed by atoms with Gasteiger partial charge in [-0.15, -0.1) is 12.4 Å². The Hall–Kier alpha value is -0.620. The molecule has 0 fully saturated rings. The molecule has 0 aliphatic carbocycles. The summed E-state index contributed by atoms with van der Waals surface area (Å²) in [5.74, 6) is -0.0829. The SMILES string of the molecule is C[C@H](CC=O)c1ccc(S(=O)(=O)O)cc1Cl.Cl. The van der Waals surface area contributed by atoms with Gasteiger partial charge in [-0.3, -0.25) is 4.55 Å². The van der Waals surface area contributed by atoms with Crippen LogP contribution in [0.15, 0.2) is 23.1 Å². The maximum Gasteiger partial charge on any atom is 0.294 e. The van der Waals surface area contributed by atoms with Crippen LogP contribution in [0, 0.1) is 0 Å². The van der Waals surface area contributed by atoms with Crippen molar-refractivity contribution < 1.29 is 17.8 Å². The van der Waals surface area contributed by atoms with Crippen LogP contribution in [0.25, 0.3) is 0 Å². The third-order valence-corrected chi connectivity index (χ3v) is 3.43. The van der Waals surface area contributed by atoms with Gasteiger partial charge in [-0.2, -0.15) is 8.42 Å². The molecule has 0 spiro atoms. The van der Waals surface area contributed by atoms with E-state index in [4.69, 9.17) is 16.2 Å². The van der Waals surface area contributed by atoms with Crippen molar-refractivity contribution in [3.05, 3.63) is 28.8 Å². The first-order chi connectivity index (χ1) is 7.36. The summed E-state index contributed by atoms with van der Waals surface area (Å²) in [6.07, 6.45) is 1.09. The molecule has 1 rings (SSSR count). The number of benzene rings is 1. The molecule has 0 amide bonds. The van der Waals surface area contributed by atoms with Crippen molar-refractivity contribution in [3.8, 4) is 0 Å². The van der Waals surface area contributed by atoms with Crippen molar-refractivity contribution in [2.45, 2.75) is 24.2 Å². The largest absolute Gasteiger partial charge is 0.303 e. The van der Waals surface area contributed by atoms with Gasteiger partial charge >= 0.3 is 0 Å². The second-order valence-corrected chi connectivity index (χ2v) is 5.29. The van der Waals surface area contributed by atoms with Crippen LogP contribution in [0.5, 0.6) is 0 Å². The minimum absolute atomic E-state index is 0. The van der Waals surface area contributed by atoms with E-state index in [-0.39, 0.29) is 28.2 Å². The minimum atomic E-state index is -4.23. The van der Waals surface area contributed by atoms with E-state index in [2.05, 4.69) is 0 Å². The van der Waals surface area contributed by atoms with Gasteiger partial charge in [0, 0.05) is 11.4 Å². The first kappa shape index (κ1) is 16.4. The van der Waals surface area contributed by atoms with Crippen molar-refractivity contribution in [2.24, 2.45) is 0 Å². The van der Waals surface area contributed by atoms with Gasteiger partial charge in [-0.05, 0) is 23.6 Å². The van der Waals surface area contributed by atoms with Crippen molar-refractivity contribution in [2.75, 3.05) is 0 Å². The average Bonchev–Trinajstić information content (AvgIpc) is 2.16. The van der Waals surface area contributed by atoms with Crippen molar-refractivity contribution in [3.63, 3.8) is 0 Å². The molecule has 0 heterocycles. The summed E-state index contributed by atoms with van der Waals surface area (Å²) < 4.78 is 30.5. The van der Waals surface area contributed by atoms with Gasteiger partial charge in [-0.1, -0.05) is 24.6 Å². The summed E-state index contributed by atoms with van der Waals surface area (Å²) in [6, 6.07) is 3.94. The predicted molar refractivity (Wildman–Crippen MR) is 67.6 cm³/mol. The van der Waals surface area contributed by atoms with E-state index in [1.165, 1.54) is 18.2 Å². The summed E-state index contributed by atoms with van der Waals surface area (Å²) in [7, 11) is -4.23. The van der Waals surface area contributed by atoms with Gasteiger partial charge < -0.3 is 4.79 Å². The minimum Gasteiger partial charge on any atom is -0.303 e. The average molecular weight is 299 g/mol. The van der Waals surface area contributed by atoms with Gasteiger partial charge in [0.15, 0.2) is 0 Å². The first-order valence-corrected chi connectivity index (χ1v) is 6.38. The Morgan fingerprint density at radius 2 is 2.06 bits per heavy atom. The Kier molecular flexibility index (Phi) is 6.12. The number of carbonyl (C=O) groups is 1. The van der Waals surface area contributed by atoms with Crippen LogP contribution < -0.4 is 0 Å². The van der Waals surface area contributed by atoms with E-state index in [0.29, 0.717) is 12.0 Å². The van der Waals surface area contributed by atoms with Crippen LogP contribution in [0.2, 0.25) is 5.02 Å². The van der Waals surface area contributed by atoms with E-state index < -0.39 is 10.1 Å². The van der Waals surface area contributed by atoms with Gasteiger partial charge in [-0.25, -0.2) is 0 Å². The van der Waals surface area contributed by atoms with Gasteiger partial charge in [0.1, 0.15) is 6.29 Å². The number of rotatable bonds is 4. The Bertz CT molecular complexity index is 499. The zero-order chi connectivity index (χ0) is 12.3. The lowest BCUT2D eigenvalue weighted by atomic mass is 9.99. The van der Waals surface area contributed by atoms with Crippen LogP contribution in [-0.4, -0.2) is 19.3 Å². The van der Waals surface area contributed by atoms with Crippen LogP contribution in [-0.2, 0) is 14.9 Å². The summed E-state index contributed by atoms with van der Waals surface area (Å²) in [4.78, 5) is 10.1. The molecule has 96 valence electrons. The molecule has 1 atom stereocenters. The molecule has 0 aliphatic rings. The first-order valence-electron chi connectivity index (χ1n) is 4.57. The predicted octanol–water partition coefficient (Wildman–Crippen LogP) is 2.70. The molecular formula is C10H12Cl2O4S. The van der Waals surface area contributed by atoms with Crippen molar-refractivity contribution in [1.82, 2.24) is 0 Å². The standard InChI is InChI=1S/C10H11ClO4S.ClH/c1-7(4-5-12)9-3-2-8(6-10(9)11)16(13,14)15;/h2-3,5-7H,4H2,1H3,(H,13,14,15);1H/t7-;/m1./s1. The molecule has 0 saturated carbocycles. The van der Waals surface area contributed by atoms with E-state index in [9.17, 15) is 13.2 Å². The maximum atomic E-state index is 10.8. The fraction of sp³-hybridized carbons (Fsp3) is 0.300. The summed E-state index contributed by atoms with van der Waals surface area (Å²) in [5.41, 5.74) is 0.682. The van der Waals surface area contributed by atoms with Gasteiger partial charge in [0.25, 0.3) is 10.1 Å². The molecule has 17 heavy (non-hydrogen) atoms. The monoisotopic (exact) mass is 298 g/mol. The Labute approximate surface area is 111 Å². The lowest BCUT2D eigenvalue weighted by molar-refractivity contribution is -0.108. The molecule has 1 aromatic carbocycles. The van der Waals surface area contributed by atoms with Gasteiger partial charge in [0.05, 0.1) is 4.90 Å². The molecule has 4 nitrogen and oxygen atoms in total. The number of hydrogen-bond donors (Lipinski definition) is 1. The zero-order valence-corrected chi connectivity index (χ0v) is 11.3. The molecule has 1 aromatic rings. The third kappa shape index (κ3) is 4.27. The molecule has 0 aliphatic heterocycles. The fourth-order valence-corrected chi connectivity index (χ4v) is 2.28.